The van der Waals surface area contributed by atoms with Crippen LogP contribution >= 0.6 is 0 Å². The first-order valence-electron chi connectivity index (χ1n) is 10.8. The van der Waals surface area contributed by atoms with Gasteiger partial charge in [0.25, 0.3) is 0 Å². The Balaban J connectivity index is 1.74. The smallest absolute Gasteiger partial charge is 0.333 e. The van der Waals surface area contributed by atoms with E-state index in [2.05, 4.69) is 39.5 Å². The molecule has 0 amide bonds. The van der Waals surface area contributed by atoms with Crippen LogP contribution in [-0.4, -0.2) is 41.9 Å². The number of H-pyrrole nitrogens is 1. The van der Waals surface area contributed by atoms with E-state index in [0.717, 1.165) is 53.9 Å². The van der Waals surface area contributed by atoms with Crippen LogP contribution in [0.5, 0.6) is 5.75 Å². The van der Waals surface area contributed by atoms with Crippen molar-refractivity contribution in [1.82, 2.24) is 34.7 Å². The Kier molecular flexibility index (Phi) is 6.44. The van der Waals surface area contributed by atoms with Gasteiger partial charge in [0.15, 0.2) is 0 Å². The molecule has 9 nitrogen and oxygen atoms in total. The lowest BCUT2D eigenvalue weighted by Crippen LogP contribution is -2.26. The molecule has 0 unspecified atom stereocenters. The highest BCUT2D eigenvalue weighted by Crippen LogP contribution is 2.27. The number of nitrogens with one attached hydrogen (secondary N) is 1. The number of nitrogens with zero attached hydrogens (tertiary/aromatic N) is 6. The third kappa shape index (κ3) is 4.18. The molecule has 1 aromatic carbocycles. The van der Waals surface area contributed by atoms with Crippen LogP contribution in [0.3, 0.4) is 0 Å². The van der Waals surface area contributed by atoms with E-state index in [-0.39, 0.29) is 5.69 Å². The summed E-state index contributed by atoms with van der Waals surface area (Å²) < 4.78 is 9.12. The van der Waals surface area contributed by atoms with E-state index < -0.39 is 0 Å². The van der Waals surface area contributed by atoms with Crippen LogP contribution in [0.2, 0.25) is 0 Å². The number of benzene rings is 1. The first-order valence-corrected chi connectivity index (χ1v) is 10.8. The minimum Gasteiger partial charge on any atom is -0.495 e. The second kappa shape index (κ2) is 9.59. The molecule has 0 saturated heterocycles. The summed E-state index contributed by atoms with van der Waals surface area (Å²) in [6.45, 7) is 4.61. The Morgan fingerprint density at radius 3 is 2.69 bits per heavy atom. The highest BCUT2D eigenvalue weighted by atomic mass is 16.5. The molecule has 0 radical (unpaired) electrons. The van der Waals surface area contributed by atoms with Crippen LogP contribution < -0.4 is 10.4 Å². The van der Waals surface area contributed by atoms with Crippen molar-refractivity contribution in [2.75, 3.05) is 7.11 Å². The molecule has 32 heavy (non-hydrogen) atoms. The van der Waals surface area contributed by atoms with Crippen LogP contribution in [-0.2, 0) is 19.4 Å². The zero-order valence-corrected chi connectivity index (χ0v) is 18.6. The average molecular weight is 434 g/mol. The van der Waals surface area contributed by atoms with Crippen molar-refractivity contribution in [2.45, 2.75) is 46.1 Å². The molecule has 9 heteroatoms. The molecule has 0 fully saturated rings. The zero-order chi connectivity index (χ0) is 22.5. The second-order valence-corrected chi connectivity index (χ2v) is 7.56. The van der Waals surface area contributed by atoms with Gasteiger partial charge in [-0.05, 0) is 48.2 Å². The number of hydrogen-bond acceptors (Lipinski definition) is 6. The number of tetrazole rings is 1. The van der Waals surface area contributed by atoms with Gasteiger partial charge < -0.3 is 4.74 Å². The molecule has 4 rings (SSSR count). The van der Waals surface area contributed by atoms with Crippen LogP contribution in [0.1, 0.15) is 43.6 Å². The normalized spacial score (nSPS) is 11.1. The van der Waals surface area contributed by atoms with E-state index in [4.69, 9.17) is 4.74 Å². The number of para-hydroxylation sites is 1. The van der Waals surface area contributed by atoms with Gasteiger partial charge in [0.1, 0.15) is 5.75 Å². The summed E-state index contributed by atoms with van der Waals surface area (Å²) in [5.74, 6) is 1.17. The minimum atomic E-state index is -0.0978. The monoisotopic (exact) mass is 433 g/mol. The molecule has 166 valence electrons. The van der Waals surface area contributed by atoms with Gasteiger partial charge in [-0.3, -0.25) is 14.1 Å². The summed E-state index contributed by atoms with van der Waals surface area (Å²) in [5, 5.41) is 14.0. The molecular weight excluding hydrogens is 406 g/mol. The van der Waals surface area contributed by atoms with Gasteiger partial charge in [-0.1, -0.05) is 32.4 Å². The maximum atomic E-state index is 13.6. The first kappa shape index (κ1) is 21.5. The number of methoxy groups -OCH3 is 1. The molecule has 0 atom stereocenters. The van der Waals surface area contributed by atoms with E-state index in [1.165, 1.54) is 0 Å². The summed E-state index contributed by atoms with van der Waals surface area (Å²) in [6.07, 6.45) is 7.31. The topological polar surface area (TPSA) is 104 Å². The van der Waals surface area contributed by atoms with Crippen LogP contribution in [0.25, 0.3) is 17.1 Å². The maximum Gasteiger partial charge on any atom is 0.333 e. The molecule has 0 bridgehead atoms. The van der Waals surface area contributed by atoms with Gasteiger partial charge in [-0.2, -0.15) is 5.21 Å². The molecule has 3 heterocycles. The number of imidazole rings is 1. The van der Waals surface area contributed by atoms with E-state index in [1.807, 2.05) is 36.5 Å². The molecule has 0 aliphatic heterocycles. The lowest BCUT2D eigenvalue weighted by Gasteiger charge is -2.13. The summed E-state index contributed by atoms with van der Waals surface area (Å²) in [5.41, 5.74) is 4.30. The van der Waals surface area contributed by atoms with Crippen molar-refractivity contribution in [3.63, 3.8) is 0 Å². The summed E-state index contributed by atoms with van der Waals surface area (Å²) in [4.78, 5) is 18.1. The third-order valence-corrected chi connectivity index (χ3v) is 5.52. The van der Waals surface area contributed by atoms with Crippen LogP contribution in [0.4, 0.5) is 0 Å². The Morgan fingerprint density at radius 1 is 1.16 bits per heavy atom. The van der Waals surface area contributed by atoms with Crippen molar-refractivity contribution in [3.05, 3.63) is 70.2 Å². The Morgan fingerprint density at radius 2 is 2.03 bits per heavy atom. The molecule has 0 aliphatic rings. The van der Waals surface area contributed by atoms with Gasteiger partial charge in [0.2, 0.25) is 5.82 Å². The van der Waals surface area contributed by atoms with Gasteiger partial charge in [-0.25, -0.2) is 4.79 Å². The number of aryl methyl sites for hydroxylation is 2. The SMILES string of the molecule is CCCCc1cn(-c2c(CC)cccc2OC)c(=O)n1Cc1ccc(-c2nn[nH]n2)cn1. The standard InChI is InChI=1S/C23H27N7O2/c1-4-6-9-19-15-30(21-16(5-2)8-7-10-20(21)32-3)23(31)29(19)14-18-12-11-17(13-24-18)22-25-27-28-26-22/h7-8,10-13,15H,4-6,9,14H2,1-3H3,(H,25,26,27,28). The van der Waals surface area contributed by atoms with E-state index in [0.29, 0.717) is 18.1 Å². The highest BCUT2D eigenvalue weighted by Gasteiger charge is 2.18. The molecule has 0 saturated carbocycles. The fourth-order valence-electron chi connectivity index (χ4n) is 3.80. The Hall–Kier alpha value is -3.75. The molecular formula is C23H27N7O2. The summed E-state index contributed by atoms with van der Waals surface area (Å²) in [7, 11) is 1.63. The largest absolute Gasteiger partial charge is 0.495 e. The molecule has 0 aliphatic carbocycles. The number of aromatic amines is 1. The number of rotatable bonds is 9. The van der Waals surface area contributed by atoms with Crippen molar-refractivity contribution in [1.29, 1.82) is 0 Å². The number of hydrogen-bond donors (Lipinski definition) is 1. The molecule has 4 aromatic rings. The van der Waals surface area contributed by atoms with Crippen molar-refractivity contribution in [2.24, 2.45) is 0 Å². The van der Waals surface area contributed by atoms with E-state index in [9.17, 15) is 4.79 Å². The lowest BCUT2D eigenvalue weighted by molar-refractivity contribution is 0.412. The Bertz CT molecular complexity index is 1200. The fraction of sp³-hybridized carbons (Fsp3) is 0.348. The van der Waals surface area contributed by atoms with Crippen molar-refractivity contribution >= 4 is 0 Å². The maximum absolute atomic E-state index is 13.6. The van der Waals surface area contributed by atoms with E-state index in [1.54, 1.807) is 22.4 Å². The Labute approximate surface area is 186 Å². The number of aromatic nitrogens is 7. The van der Waals surface area contributed by atoms with Crippen molar-refractivity contribution < 1.29 is 4.74 Å². The fourth-order valence-corrected chi connectivity index (χ4v) is 3.80. The predicted octanol–water partition coefficient (Wildman–Crippen LogP) is 3.18. The first-order chi connectivity index (χ1) is 15.7. The molecule has 1 N–H and O–H groups in total. The number of unbranched alkanes of at least 4 members (excludes halogenated alkanes) is 1. The van der Waals surface area contributed by atoms with E-state index >= 15 is 0 Å². The molecule has 0 spiro atoms. The van der Waals surface area contributed by atoms with Gasteiger partial charge in [0.05, 0.1) is 25.0 Å². The van der Waals surface area contributed by atoms with Gasteiger partial charge in [0, 0.05) is 23.7 Å². The van der Waals surface area contributed by atoms with Crippen molar-refractivity contribution in [3.8, 4) is 22.8 Å². The third-order valence-electron chi connectivity index (χ3n) is 5.52. The lowest BCUT2D eigenvalue weighted by atomic mass is 10.1. The average Bonchev–Trinajstić information content (AvgIpc) is 3.47. The second-order valence-electron chi connectivity index (χ2n) is 7.56. The zero-order valence-electron chi connectivity index (χ0n) is 18.6. The van der Waals surface area contributed by atoms with Crippen LogP contribution in [0, 0.1) is 0 Å². The highest BCUT2D eigenvalue weighted by molar-refractivity contribution is 5.53. The van der Waals surface area contributed by atoms with Crippen LogP contribution in [0.15, 0.2) is 47.5 Å². The predicted molar refractivity (Wildman–Crippen MR) is 121 cm³/mol. The summed E-state index contributed by atoms with van der Waals surface area (Å²) in [6, 6.07) is 9.65. The number of ether oxygens (including phenoxy) is 1. The number of pyridine rings is 1. The molecule has 3 aromatic heterocycles. The quantitative estimate of drug-likeness (QED) is 0.435. The minimum absolute atomic E-state index is 0.0978. The van der Waals surface area contributed by atoms with Gasteiger partial charge >= 0.3 is 5.69 Å². The van der Waals surface area contributed by atoms with Gasteiger partial charge in [-0.15, -0.1) is 10.2 Å². The summed E-state index contributed by atoms with van der Waals surface area (Å²) >= 11 is 0.